The van der Waals surface area contributed by atoms with Gasteiger partial charge in [-0.2, -0.15) is 0 Å². The van der Waals surface area contributed by atoms with Crippen molar-refractivity contribution in [2.24, 2.45) is 0 Å². The lowest BCUT2D eigenvalue weighted by molar-refractivity contribution is 0.101. The SMILES string of the molecule is C=C/C(=C\C=C/C)c1cncc(C(C)=O)c1. The lowest BCUT2D eigenvalue weighted by Crippen LogP contribution is -1.94. The number of allylic oxidation sites excluding steroid dienone is 5. The van der Waals surface area contributed by atoms with Crippen molar-refractivity contribution < 1.29 is 4.79 Å². The van der Waals surface area contributed by atoms with Crippen LogP contribution in [0.25, 0.3) is 5.57 Å². The van der Waals surface area contributed by atoms with Crippen molar-refractivity contribution in [1.29, 1.82) is 0 Å². The highest BCUT2D eigenvalue weighted by Crippen LogP contribution is 2.16. The molecule has 0 aliphatic heterocycles. The Morgan fingerprint density at radius 1 is 1.38 bits per heavy atom. The second-order valence-corrected chi connectivity index (χ2v) is 3.37. The van der Waals surface area contributed by atoms with Crippen LogP contribution in [0.3, 0.4) is 0 Å². The van der Waals surface area contributed by atoms with Gasteiger partial charge in [-0.1, -0.05) is 30.9 Å². The summed E-state index contributed by atoms with van der Waals surface area (Å²) in [7, 11) is 0. The fourth-order valence-electron chi connectivity index (χ4n) is 1.27. The molecule has 0 fully saturated rings. The molecule has 0 saturated carbocycles. The van der Waals surface area contributed by atoms with Gasteiger partial charge in [0.1, 0.15) is 0 Å². The van der Waals surface area contributed by atoms with Gasteiger partial charge in [0.2, 0.25) is 0 Å². The minimum Gasteiger partial charge on any atom is -0.294 e. The largest absolute Gasteiger partial charge is 0.294 e. The quantitative estimate of drug-likeness (QED) is 0.566. The minimum absolute atomic E-state index is 0.0174. The van der Waals surface area contributed by atoms with E-state index in [0.717, 1.165) is 11.1 Å². The summed E-state index contributed by atoms with van der Waals surface area (Å²) in [4.78, 5) is 15.3. The molecule has 0 aliphatic rings. The number of rotatable bonds is 4. The van der Waals surface area contributed by atoms with Gasteiger partial charge in [0, 0.05) is 23.5 Å². The smallest absolute Gasteiger partial charge is 0.161 e. The van der Waals surface area contributed by atoms with Crippen LogP contribution in [0.15, 0.2) is 49.3 Å². The van der Waals surface area contributed by atoms with Crippen molar-refractivity contribution in [3.63, 3.8) is 0 Å². The van der Waals surface area contributed by atoms with Gasteiger partial charge >= 0.3 is 0 Å². The average Bonchev–Trinajstić information content (AvgIpc) is 2.30. The molecule has 1 aromatic heterocycles. The van der Waals surface area contributed by atoms with Crippen LogP contribution in [-0.2, 0) is 0 Å². The van der Waals surface area contributed by atoms with E-state index < -0.39 is 0 Å². The van der Waals surface area contributed by atoms with Gasteiger partial charge in [-0.3, -0.25) is 9.78 Å². The normalized spacial score (nSPS) is 11.8. The van der Waals surface area contributed by atoms with Crippen molar-refractivity contribution in [3.05, 3.63) is 60.5 Å². The molecule has 1 rings (SSSR count). The number of carbonyl (C=O) groups excluding carboxylic acids is 1. The van der Waals surface area contributed by atoms with Gasteiger partial charge in [-0.25, -0.2) is 0 Å². The van der Waals surface area contributed by atoms with E-state index in [1.54, 1.807) is 18.5 Å². The number of hydrogen-bond acceptors (Lipinski definition) is 2. The Bertz CT molecular complexity index is 456. The van der Waals surface area contributed by atoms with E-state index in [9.17, 15) is 4.79 Å². The van der Waals surface area contributed by atoms with Crippen LogP contribution in [0, 0.1) is 0 Å². The van der Waals surface area contributed by atoms with Gasteiger partial charge in [0.05, 0.1) is 0 Å². The Morgan fingerprint density at radius 3 is 2.62 bits per heavy atom. The molecular weight excluding hydrogens is 198 g/mol. The molecule has 0 saturated heterocycles. The molecule has 0 aliphatic carbocycles. The van der Waals surface area contributed by atoms with E-state index in [4.69, 9.17) is 0 Å². The number of pyridine rings is 1. The van der Waals surface area contributed by atoms with E-state index in [-0.39, 0.29) is 5.78 Å². The van der Waals surface area contributed by atoms with Gasteiger partial charge in [0.25, 0.3) is 0 Å². The van der Waals surface area contributed by atoms with Gasteiger partial charge in [-0.05, 0) is 25.5 Å². The molecule has 0 unspecified atom stereocenters. The van der Waals surface area contributed by atoms with E-state index in [0.29, 0.717) is 5.56 Å². The van der Waals surface area contributed by atoms with Crippen LogP contribution in [0.2, 0.25) is 0 Å². The van der Waals surface area contributed by atoms with Crippen LogP contribution in [0.1, 0.15) is 29.8 Å². The lowest BCUT2D eigenvalue weighted by Gasteiger charge is -2.02. The number of hydrogen-bond donors (Lipinski definition) is 0. The molecule has 2 heteroatoms. The summed E-state index contributed by atoms with van der Waals surface area (Å²) in [5.41, 5.74) is 2.47. The fraction of sp³-hybridized carbons (Fsp3) is 0.143. The van der Waals surface area contributed by atoms with Gasteiger partial charge < -0.3 is 0 Å². The summed E-state index contributed by atoms with van der Waals surface area (Å²) in [6.45, 7) is 7.23. The van der Waals surface area contributed by atoms with Crippen molar-refractivity contribution in [2.45, 2.75) is 13.8 Å². The van der Waals surface area contributed by atoms with Crippen molar-refractivity contribution in [1.82, 2.24) is 4.98 Å². The Balaban J connectivity index is 3.16. The molecule has 0 aromatic carbocycles. The standard InChI is InChI=1S/C14H15NO/c1-4-6-7-12(5-2)14-8-13(11(3)16)9-15-10-14/h4-10H,2H2,1,3H3/b6-4-,12-7+. The first-order valence-electron chi connectivity index (χ1n) is 5.10. The first-order valence-corrected chi connectivity index (χ1v) is 5.10. The Kier molecular flexibility index (Phi) is 4.40. The fourth-order valence-corrected chi connectivity index (χ4v) is 1.27. The highest BCUT2D eigenvalue weighted by atomic mass is 16.1. The van der Waals surface area contributed by atoms with Crippen LogP contribution in [0.5, 0.6) is 0 Å². The topological polar surface area (TPSA) is 30.0 Å². The summed E-state index contributed by atoms with van der Waals surface area (Å²) in [6, 6.07) is 1.83. The molecule has 1 heterocycles. The molecule has 0 bridgehead atoms. The zero-order chi connectivity index (χ0) is 12.0. The predicted molar refractivity (Wildman–Crippen MR) is 67.2 cm³/mol. The van der Waals surface area contributed by atoms with Crippen molar-refractivity contribution >= 4 is 11.4 Å². The zero-order valence-corrected chi connectivity index (χ0v) is 9.60. The summed E-state index contributed by atoms with van der Waals surface area (Å²) < 4.78 is 0. The molecule has 16 heavy (non-hydrogen) atoms. The molecule has 1 aromatic rings. The highest BCUT2D eigenvalue weighted by Gasteiger charge is 2.02. The average molecular weight is 213 g/mol. The van der Waals surface area contributed by atoms with Crippen LogP contribution in [-0.4, -0.2) is 10.8 Å². The van der Waals surface area contributed by atoms with Gasteiger partial charge in [-0.15, -0.1) is 0 Å². The van der Waals surface area contributed by atoms with E-state index >= 15 is 0 Å². The Morgan fingerprint density at radius 2 is 2.06 bits per heavy atom. The van der Waals surface area contributed by atoms with Gasteiger partial charge in [0.15, 0.2) is 5.78 Å². The molecule has 0 amide bonds. The summed E-state index contributed by atoms with van der Waals surface area (Å²) in [5, 5.41) is 0. The lowest BCUT2D eigenvalue weighted by atomic mass is 10.0. The van der Waals surface area contributed by atoms with Crippen LogP contribution in [0.4, 0.5) is 0 Å². The number of Topliss-reactive ketones (excluding diaryl/α,β-unsaturated/α-hetero) is 1. The second-order valence-electron chi connectivity index (χ2n) is 3.37. The zero-order valence-electron chi connectivity index (χ0n) is 9.60. The maximum Gasteiger partial charge on any atom is 0.161 e. The third-order valence-corrected chi connectivity index (χ3v) is 2.17. The number of ketones is 1. The Hall–Kier alpha value is -1.96. The first-order chi connectivity index (χ1) is 7.69. The Labute approximate surface area is 96.0 Å². The first kappa shape index (κ1) is 12.1. The third-order valence-electron chi connectivity index (χ3n) is 2.17. The third kappa shape index (κ3) is 3.02. The van der Waals surface area contributed by atoms with E-state index in [1.165, 1.54) is 6.92 Å². The van der Waals surface area contributed by atoms with E-state index in [1.807, 2.05) is 31.2 Å². The maximum atomic E-state index is 11.2. The molecule has 2 nitrogen and oxygen atoms in total. The molecular formula is C14H15NO. The molecule has 82 valence electrons. The number of carbonyl (C=O) groups is 1. The molecule has 0 N–H and O–H groups in total. The molecule has 0 spiro atoms. The molecule has 0 radical (unpaired) electrons. The maximum absolute atomic E-state index is 11.2. The van der Waals surface area contributed by atoms with Crippen molar-refractivity contribution in [3.8, 4) is 0 Å². The van der Waals surface area contributed by atoms with Crippen LogP contribution >= 0.6 is 0 Å². The van der Waals surface area contributed by atoms with E-state index in [2.05, 4.69) is 11.6 Å². The monoisotopic (exact) mass is 213 g/mol. The summed E-state index contributed by atoms with van der Waals surface area (Å²) in [5.74, 6) is 0.0174. The number of aromatic nitrogens is 1. The summed E-state index contributed by atoms with van der Waals surface area (Å²) >= 11 is 0. The highest BCUT2D eigenvalue weighted by molar-refractivity contribution is 5.94. The summed E-state index contributed by atoms with van der Waals surface area (Å²) in [6.07, 6.45) is 10.9. The second kappa shape index (κ2) is 5.81. The van der Waals surface area contributed by atoms with Crippen LogP contribution < -0.4 is 0 Å². The number of nitrogens with zero attached hydrogens (tertiary/aromatic N) is 1. The molecule has 0 atom stereocenters. The minimum atomic E-state index is 0.0174. The van der Waals surface area contributed by atoms with Crippen molar-refractivity contribution in [2.75, 3.05) is 0 Å². The predicted octanol–water partition coefficient (Wildman–Crippen LogP) is 3.43.